The van der Waals surface area contributed by atoms with Gasteiger partial charge in [-0.1, -0.05) is 20.8 Å². The van der Waals surface area contributed by atoms with Crippen LogP contribution in [0.5, 0.6) is 0 Å². The van der Waals surface area contributed by atoms with Gasteiger partial charge in [0.15, 0.2) is 0 Å². The molecule has 0 radical (unpaired) electrons. The molecule has 4 aliphatic carbocycles. The van der Waals surface area contributed by atoms with Crippen LogP contribution in [-0.2, 0) is 14.9 Å². The highest BCUT2D eigenvalue weighted by Gasteiger charge is 2.69. The zero-order chi connectivity index (χ0) is 25.8. The zero-order valence-electron chi connectivity index (χ0n) is 21.4. The average molecular weight is 516 g/mol. The molecular formula is C26H45NO7S. The topological polar surface area (TPSA) is 144 Å². The van der Waals surface area contributed by atoms with Gasteiger partial charge in [-0.2, -0.15) is 8.42 Å². The van der Waals surface area contributed by atoms with Gasteiger partial charge in [0.25, 0.3) is 10.1 Å². The van der Waals surface area contributed by atoms with E-state index in [1.54, 1.807) is 0 Å². The Morgan fingerprint density at radius 3 is 2.46 bits per heavy atom. The maximum absolute atomic E-state index is 12.3. The molecule has 0 aromatic carbocycles. The molecule has 0 unspecified atom stereocenters. The van der Waals surface area contributed by atoms with Gasteiger partial charge in [-0.15, -0.1) is 0 Å². The van der Waals surface area contributed by atoms with Crippen molar-refractivity contribution in [2.75, 3.05) is 12.3 Å². The minimum Gasteiger partial charge on any atom is -0.393 e. The van der Waals surface area contributed by atoms with Crippen molar-refractivity contribution in [3.63, 3.8) is 0 Å². The minimum absolute atomic E-state index is 0.0180. The Labute approximate surface area is 210 Å². The lowest BCUT2D eigenvalue weighted by Crippen LogP contribution is -2.67. The summed E-state index contributed by atoms with van der Waals surface area (Å²) in [7, 11) is -4.10. The third-order valence-corrected chi connectivity index (χ3v) is 11.8. The van der Waals surface area contributed by atoms with Crippen LogP contribution in [0.3, 0.4) is 0 Å². The quantitative estimate of drug-likeness (QED) is 0.328. The van der Waals surface area contributed by atoms with E-state index in [-0.39, 0.29) is 54.1 Å². The van der Waals surface area contributed by atoms with E-state index in [9.17, 15) is 28.5 Å². The van der Waals surface area contributed by atoms with E-state index in [2.05, 4.69) is 26.1 Å². The van der Waals surface area contributed by atoms with E-state index in [0.29, 0.717) is 18.8 Å². The molecule has 4 rings (SSSR count). The van der Waals surface area contributed by atoms with E-state index in [1.165, 1.54) is 0 Å². The van der Waals surface area contributed by atoms with Gasteiger partial charge in [-0.05, 0) is 92.8 Å². The first-order chi connectivity index (χ1) is 16.2. The Balaban J connectivity index is 1.44. The molecule has 0 heterocycles. The largest absolute Gasteiger partial charge is 0.393 e. The summed E-state index contributed by atoms with van der Waals surface area (Å²) in [4.78, 5) is 12.2. The molecule has 0 bridgehead atoms. The van der Waals surface area contributed by atoms with Crippen LogP contribution < -0.4 is 5.32 Å². The van der Waals surface area contributed by atoms with Crippen LogP contribution in [0.4, 0.5) is 0 Å². The number of carbonyl (C=O) groups excluding carboxylic acids is 1. The van der Waals surface area contributed by atoms with E-state index >= 15 is 0 Å². The predicted molar refractivity (Wildman–Crippen MR) is 132 cm³/mol. The summed E-state index contributed by atoms with van der Waals surface area (Å²) in [5, 5.41) is 36.7. The Hall–Kier alpha value is -0.740. The van der Waals surface area contributed by atoms with E-state index in [1.807, 2.05) is 0 Å². The Bertz CT molecular complexity index is 911. The van der Waals surface area contributed by atoms with Crippen molar-refractivity contribution >= 4 is 16.0 Å². The fourth-order valence-electron chi connectivity index (χ4n) is 9.18. The first-order valence-electron chi connectivity index (χ1n) is 13.5. The molecule has 10 atom stereocenters. The van der Waals surface area contributed by atoms with Gasteiger partial charge in [0, 0.05) is 18.4 Å². The van der Waals surface area contributed by atoms with Crippen LogP contribution >= 0.6 is 0 Å². The Morgan fingerprint density at radius 1 is 1.06 bits per heavy atom. The minimum atomic E-state index is -4.10. The molecule has 4 saturated carbocycles. The number of aliphatic hydroxyl groups excluding tert-OH is 2. The number of hydrogen-bond acceptors (Lipinski definition) is 6. The molecule has 0 spiro atoms. The SMILES string of the molecule is C[C@H](CCC(=O)NCCS(=O)(=O)O)[C@@H]1CC[C@@H]2[C@@]3(O)CC[C@H]4C[C@H](O)CC[C@]4(C)[C@H]3C[C@H](O)[C@@]21C. The summed E-state index contributed by atoms with van der Waals surface area (Å²) in [6.07, 6.45) is 6.61. The molecule has 35 heavy (non-hydrogen) atoms. The van der Waals surface area contributed by atoms with Gasteiger partial charge in [0.1, 0.15) is 0 Å². The normalized spacial score (nSPS) is 46.3. The lowest BCUT2D eigenvalue weighted by atomic mass is 9.42. The predicted octanol–water partition coefficient (Wildman–Crippen LogP) is 2.51. The van der Waals surface area contributed by atoms with Crippen LogP contribution in [0.2, 0.25) is 0 Å². The van der Waals surface area contributed by atoms with Crippen molar-refractivity contribution < 1.29 is 33.1 Å². The second-order valence-electron chi connectivity index (χ2n) is 12.7. The first kappa shape index (κ1) is 27.3. The molecule has 4 fully saturated rings. The lowest BCUT2D eigenvalue weighted by Gasteiger charge is -2.65. The maximum Gasteiger partial charge on any atom is 0.266 e. The molecule has 0 aromatic heterocycles. The molecule has 5 N–H and O–H groups in total. The standard InChI is InChI=1S/C26H45NO7S/c1-16(4-7-23(30)27-12-13-35(32,33)34)19-5-6-20-25(19,3)22(29)15-21-24(2)10-9-18(28)14-17(24)8-11-26(20,21)31/h16-22,28-29,31H,4-15H2,1-3H3,(H,27,30)(H,32,33,34)/t16-,17+,18-,19+,20+,21-,22+,24+,25-,26+/m1/s1. The fraction of sp³-hybridized carbons (Fsp3) is 0.962. The molecule has 9 heteroatoms. The maximum atomic E-state index is 12.3. The summed E-state index contributed by atoms with van der Waals surface area (Å²) < 4.78 is 30.5. The molecule has 0 saturated heterocycles. The number of rotatable bonds is 7. The van der Waals surface area contributed by atoms with Crippen LogP contribution in [-0.4, -0.2) is 64.3 Å². The van der Waals surface area contributed by atoms with Crippen molar-refractivity contribution in [2.45, 2.75) is 103 Å². The van der Waals surface area contributed by atoms with E-state index in [4.69, 9.17) is 4.55 Å². The van der Waals surface area contributed by atoms with Gasteiger partial charge in [-0.25, -0.2) is 0 Å². The second kappa shape index (κ2) is 9.53. The number of carbonyl (C=O) groups is 1. The van der Waals surface area contributed by atoms with E-state index in [0.717, 1.165) is 44.9 Å². The summed E-state index contributed by atoms with van der Waals surface area (Å²) in [6.45, 7) is 6.44. The molecule has 202 valence electrons. The molecule has 0 aliphatic heterocycles. The van der Waals surface area contributed by atoms with Crippen molar-refractivity contribution in [2.24, 2.45) is 40.4 Å². The van der Waals surface area contributed by atoms with Crippen LogP contribution in [0.15, 0.2) is 0 Å². The smallest absolute Gasteiger partial charge is 0.266 e. The number of aliphatic hydroxyl groups is 3. The summed E-state index contributed by atoms with van der Waals surface area (Å²) >= 11 is 0. The molecular weight excluding hydrogens is 470 g/mol. The first-order valence-corrected chi connectivity index (χ1v) is 15.1. The number of amides is 1. The molecule has 0 aromatic rings. The second-order valence-corrected chi connectivity index (χ2v) is 14.3. The van der Waals surface area contributed by atoms with Crippen molar-refractivity contribution in [3.05, 3.63) is 0 Å². The lowest BCUT2D eigenvalue weighted by molar-refractivity contribution is -0.254. The van der Waals surface area contributed by atoms with E-state index < -0.39 is 33.0 Å². The Morgan fingerprint density at radius 2 is 1.77 bits per heavy atom. The number of hydrogen-bond donors (Lipinski definition) is 5. The summed E-state index contributed by atoms with van der Waals surface area (Å²) in [5.74, 6) is 0.0702. The third kappa shape index (κ3) is 4.80. The highest BCUT2D eigenvalue weighted by atomic mass is 32.2. The Kier molecular flexibility index (Phi) is 7.43. The average Bonchev–Trinajstić information content (AvgIpc) is 3.14. The zero-order valence-corrected chi connectivity index (χ0v) is 22.3. The van der Waals surface area contributed by atoms with Gasteiger partial charge in [-0.3, -0.25) is 9.35 Å². The number of fused-ring (bicyclic) bond motifs is 5. The molecule has 8 nitrogen and oxygen atoms in total. The monoisotopic (exact) mass is 515 g/mol. The molecule has 4 aliphatic rings. The fourth-order valence-corrected chi connectivity index (χ4v) is 9.54. The van der Waals surface area contributed by atoms with Crippen molar-refractivity contribution in [3.8, 4) is 0 Å². The van der Waals surface area contributed by atoms with Crippen LogP contribution in [0.1, 0.15) is 85.0 Å². The summed E-state index contributed by atoms with van der Waals surface area (Å²) in [5.41, 5.74) is -1.27. The van der Waals surface area contributed by atoms with Crippen molar-refractivity contribution in [1.82, 2.24) is 5.32 Å². The highest BCUT2D eigenvalue weighted by molar-refractivity contribution is 7.85. The van der Waals surface area contributed by atoms with Crippen LogP contribution in [0.25, 0.3) is 0 Å². The summed E-state index contributed by atoms with van der Waals surface area (Å²) in [6, 6.07) is 0. The van der Waals surface area contributed by atoms with Gasteiger partial charge >= 0.3 is 0 Å². The highest BCUT2D eigenvalue weighted by Crippen LogP contribution is 2.69. The third-order valence-electron chi connectivity index (χ3n) is 11.1. The van der Waals surface area contributed by atoms with Crippen LogP contribution in [0, 0.1) is 40.4 Å². The van der Waals surface area contributed by atoms with Gasteiger partial charge in [0.05, 0.1) is 23.6 Å². The number of nitrogens with one attached hydrogen (secondary N) is 1. The van der Waals surface area contributed by atoms with Gasteiger partial charge in [0.2, 0.25) is 5.91 Å². The molecule has 1 amide bonds. The van der Waals surface area contributed by atoms with Crippen molar-refractivity contribution in [1.29, 1.82) is 0 Å². The van der Waals surface area contributed by atoms with Gasteiger partial charge < -0.3 is 20.6 Å².